The number of piperidine rings is 1. The van der Waals surface area contributed by atoms with Crippen molar-refractivity contribution in [2.75, 3.05) is 84.5 Å². The number of nitrogens with zero attached hydrogens (tertiary/aromatic N) is 5. The molecule has 6 rings (SSSR count). The van der Waals surface area contributed by atoms with Crippen LogP contribution in [0, 0.1) is 23.7 Å². The maximum absolute atomic E-state index is 13.8. The van der Waals surface area contributed by atoms with Gasteiger partial charge in [0.15, 0.2) is 16.8 Å². The molecule has 2 aromatic heterocycles. The summed E-state index contributed by atoms with van der Waals surface area (Å²) < 4.78 is 42.5. The van der Waals surface area contributed by atoms with Gasteiger partial charge in [-0.15, -0.1) is 11.8 Å². The quantitative estimate of drug-likeness (QED) is 0.00950. The molecule has 3 aromatic carbocycles. The Hall–Kier alpha value is -5.76. The SMILES string of the molecule is CCCSc1nc(NCCN)c(N)c(N(N)Cc2ccc(C#CC(=O)NCCCCCN3CCC(Nc4cccc5c4cc(C#CCNc4ccc(SC)cc4)n5CC(F)(F)F)CC3)cc2)n1. The summed E-state index contributed by atoms with van der Waals surface area (Å²) >= 11 is 3.19. The molecule has 0 radical (unpaired) electrons. The van der Waals surface area contributed by atoms with Gasteiger partial charge in [-0.05, 0) is 111 Å². The zero-order valence-corrected chi connectivity index (χ0v) is 39.8. The Morgan fingerprint density at radius 3 is 2.46 bits per heavy atom. The zero-order valence-electron chi connectivity index (χ0n) is 38.1. The van der Waals surface area contributed by atoms with E-state index in [2.05, 4.69) is 66.7 Å². The Balaban J connectivity index is 0.902. The maximum atomic E-state index is 13.8. The number of hydrazine groups is 1. The molecule has 356 valence electrons. The lowest BCUT2D eigenvalue weighted by Gasteiger charge is -2.33. The van der Waals surface area contributed by atoms with Crippen molar-refractivity contribution in [3.05, 3.63) is 89.6 Å². The number of anilines is 5. The number of unbranched alkanes of at least 4 members (excludes halogenated alkanes) is 2. The van der Waals surface area contributed by atoms with Crippen molar-refractivity contribution < 1.29 is 18.0 Å². The van der Waals surface area contributed by atoms with E-state index in [1.807, 2.05) is 60.9 Å². The van der Waals surface area contributed by atoms with E-state index >= 15 is 0 Å². The maximum Gasteiger partial charge on any atom is 0.406 e. The zero-order chi connectivity index (χ0) is 47.6. The van der Waals surface area contributed by atoms with Crippen LogP contribution in [-0.4, -0.2) is 95.4 Å². The minimum Gasteiger partial charge on any atom is -0.393 e. The number of likely N-dealkylation sites (tertiary alicyclic amines) is 1. The molecule has 0 bridgehead atoms. The summed E-state index contributed by atoms with van der Waals surface area (Å²) in [5.74, 6) is 19.6. The summed E-state index contributed by atoms with van der Waals surface area (Å²) in [4.78, 5) is 25.2. The molecule has 0 atom stereocenters. The Bertz CT molecular complexity index is 2510. The number of alkyl halides is 3. The van der Waals surface area contributed by atoms with Gasteiger partial charge in [-0.3, -0.25) is 9.80 Å². The van der Waals surface area contributed by atoms with Crippen molar-refractivity contribution >= 4 is 69.0 Å². The first-order chi connectivity index (χ1) is 32.4. The fraction of sp³-hybridized carbons (Fsp3) is 0.408. The monoisotopic (exact) mass is 954 g/mol. The predicted octanol–water partition coefficient (Wildman–Crippen LogP) is 7.73. The van der Waals surface area contributed by atoms with E-state index in [-0.39, 0.29) is 11.9 Å². The van der Waals surface area contributed by atoms with Gasteiger partial charge in [-0.1, -0.05) is 55.1 Å². The van der Waals surface area contributed by atoms with E-state index < -0.39 is 12.7 Å². The number of carbonyl (C=O) groups is 1. The highest BCUT2D eigenvalue weighted by molar-refractivity contribution is 7.99. The van der Waals surface area contributed by atoms with Gasteiger partial charge in [0.1, 0.15) is 12.2 Å². The Morgan fingerprint density at radius 1 is 0.970 bits per heavy atom. The molecule has 67 heavy (non-hydrogen) atoms. The van der Waals surface area contributed by atoms with E-state index in [1.54, 1.807) is 30.0 Å². The number of nitrogens with two attached hydrogens (primary N) is 3. The van der Waals surface area contributed by atoms with Gasteiger partial charge in [-0.2, -0.15) is 13.2 Å². The van der Waals surface area contributed by atoms with E-state index in [0.29, 0.717) is 72.0 Å². The third-order valence-corrected chi connectivity index (χ3v) is 12.8. The van der Waals surface area contributed by atoms with Crippen molar-refractivity contribution in [3.8, 4) is 23.7 Å². The standard InChI is InChI=1S/C49H61F3N12OS2/c1-3-31-67-48-60-46(58-27-24-53)45(54)47(61-48)64(55)33-36-14-12-35(13-15-36)16-21-44(65)57-25-5-4-6-28-62-29-22-38(23-30-62)59-42-10-7-11-43-41(42)32-39(63(43)34-49(50,51)52)9-8-26-56-37-17-19-40(66-2)20-18-37/h7,10-15,17-20,32,38,56,59H,3-6,22-31,33-34,53-55H2,1-2H3,(H,57,65)(H,58,60,61). The van der Waals surface area contributed by atoms with Gasteiger partial charge in [0.25, 0.3) is 5.91 Å². The minimum absolute atomic E-state index is 0.200. The largest absolute Gasteiger partial charge is 0.406 e. The van der Waals surface area contributed by atoms with Crippen molar-refractivity contribution in [1.29, 1.82) is 0 Å². The molecule has 1 aliphatic rings. The van der Waals surface area contributed by atoms with Crippen LogP contribution in [0.25, 0.3) is 10.9 Å². The van der Waals surface area contributed by atoms with Gasteiger partial charge in [0, 0.05) is 77.7 Å². The van der Waals surface area contributed by atoms with Crippen molar-refractivity contribution in [2.24, 2.45) is 11.6 Å². The van der Waals surface area contributed by atoms with E-state index in [1.165, 1.54) is 21.3 Å². The van der Waals surface area contributed by atoms with Gasteiger partial charge in [-0.25, -0.2) is 15.8 Å². The highest BCUT2D eigenvalue weighted by Crippen LogP contribution is 2.32. The number of fused-ring (bicyclic) bond motifs is 1. The number of nitrogen functional groups attached to an aromatic ring is 1. The molecule has 10 N–H and O–H groups in total. The third kappa shape index (κ3) is 15.7. The molecule has 0 unspecified atom stereocenters. The number of halogens is 3. The van der Waals surface area contributed by atoms with Crippen molar-refractivity contribution in [1.82, 2.24) is 24.8 Å². The van der Waals surface area contributed by atoms with Crippen LogP contribution in [0.4, 0.5) is 41.9 Å². The highest BCUT2D eigenvalue weighted by atomic mass is 32.2. The number of hydrogen-bond acceptors (Lipinski definition) is 13. The molecule has 18 heteroatoms. The van der Waals surface area contributed by atoms with Crippen LogP contribution in [-0.2, 0) is 17.9 Å². The molecule has 3 heterocycles. The van der Waals surface area contributed by atoms with Gasteiger partial charge in [0.05, 0.1) is 24.3 Å². The summed E-state index contributed by atoms with van der Waals surface area (Å²) in [6, 6.07) is 22.9. The van der Waals surface area contributed by atoms with E-state index in [4.69, 9.17) is 17.3 Å². The first-order valence-electron chi connectivity index (χ1n) is 22.6. The first-order valence-corrected chi connectivity index (χ1v) is 24.8. The number of nitrogens with one attached hydrogen (secondary N) is 4. The Morgan fingerprint density at radius 2 is 1.75 bits per heavy atom. The van der Waals surface area contributed by atoms with E-state index in [0.717, 1.165) is 91.1 Å². The number of carbonyl (C=O) groups excluding carboxylic acids is 1. The van der Waals surface area contributed by atoms with Gasteiger partial charge in [0.2, 0.25) is 0 Å². The third-order valence-electron chi connectivity index (χ3n) is 11.0. The van der Waals surface area contributed by atoms with Crippen molar-refractivity contribution in [3.63, 3.8) is 0 Å². The Kier molecular flexibility index (Phi) is 19.2. The second-order valence-corrected chi connectivity index (χ2v) is 18.1. The van der Waals surface area contributed by atoms with Crippen LogP contribution >= 0.6 is 23.5 Å². The normalized spacial score (nSPS) is 13.1. The molecule has 0 spiro atoms. The fourth-order valence-corrected chi connectivity index (χ4v) is 8.69. The van der Waals surface area contributed by atoms with Crippen LogP contribution in [0.3, 0.4) is 0 Å². The molecule has 1 amide bonds. The van der Waals surface area contributed by atoms with Crippen LogP contribution in [0.1, 0.15) is 62.3 Å². The van der Waals surface area contributed by atoms with E-state index in [9.17, 15) is 18.0 Å². The molecular weight excluding hydrogens is 894 g/mol. The van der Waals surface area contributed by atoms with Crippen LogP contribution in [0.15, 0.2) is 82.8 Å². The second kappa shape index (κ2) is 25.4. The van der Waals surface area contributed by atoms with Crippen LogP contribution < -0.4 is 43.6 Å². The molecule has 0 aliphatic carbocycles. The fourth-order valence-electron chi connectivity index (χ4n) is 7.59. The average molecular weight is 955 g/mol. The van der Waals surface area contributed by atoms with Crippen LogP contribution in [0.5, 0.6) is 0 Å². The lowest BCUT2D eigenvalue weighted by atomic mass is 10.0. The second-order valence-electron chi connectivity index (χ2n) is 16.2. The topological polar surface area (TPSA) is 180 Å². The molecule has 1 fully saturated rings. The summed E-state index contributed by atoms with van der Waals surface area (Å²) in [5.41, 5.74) is 16.6. The molecule has 1 saturated heterocycles. The molecule has 13 nitrogen and oxygen atoms in total. The van der Waals surface area contributed by atoms with Crippen LogP contribution in [0.2, 0.25) is 0 Å². The number of rotatable bonds is 21. The number of amides is 1. The first kappa shape index (κ1) is 50.6. The Labute approximate surface area is 400 Å². The summed E-state index contributed by atoms with van der Waals surface area (Å²) in [5, 5.41) is 15.7. The lowest BCUT2D eigenvalue weighted by Crippen LogP contribution is -2.39. The summed E-state index contributed by atoms with van der Waals surface area (Å²) in [6.45, 7) is 5.93. The molecule has 0 saturated carbocycles. The number of thioether (sulfide) groups is 2. The number of hydrogen-bond donors (Lipinski definition) is 7. The van der Waals surface area contributed by atoms with Gasteiger partial charge >= 0.3 is 6.18 Å². The summed E-state index contributed by atoms with van der Waals surface area (Å²) in [6.07, 6.45) is 3.27. The lowest BCUT2D eigenvalue weighted by molar-refractivity contribution is -0.140. The molecule has 1 aliphatic heterocycles. The van der Waals surface area contributed by atoms with Crippen molar-refractivity contribution in [2.45, 2.75) is 80.8 Å². The number of benzene rings is 3. The number of aromatic nitrogens is 3. The smallest absolute Gasteiger partial charge is 0.393 e. The van der Waals surface area contributed by atoms with Gasteiger partial charge < -0.3 is 42.2 Å². The molecular formula is C49H61F3N12OS2. The minimum atomic E-state index is -4.39. The summed E-state index contributed by atoms with van der Waals surface area (Å²) in [7, 11) is 0. The average Bonchev–Trinajstić information content (AvgIpc) is 3.67. The highest BCUT2D eigenvalue weighted by Gasteiger charge is 2.30. The molecule has 5 aromatic rings. The predicted molar refractivity (Wildman–Crippen MR) is 270 cm³/mol.